The Balaban J connectivity index is 2.48. The molecule has 114 valence electrons. The van der Waals surface area contributed by atoms with Crippen LogP contribution in [-0.2, 0) is 6.42 Å². The third-order valence-corrected chi connectivity index (χ3v) is 4.24. The third kappa shape index (κ3) is 6.09. The quantitative estimate of drug-likeness (QED) is 0.691. The van der Waals surface area contributed by atoms with Crippen LogP contribution in [0.2, 0.25) is 0 Å². The molecular weight excluding hydrogens is 242 g/mol. The molecule has 1 unspecified atom stereocenters. The van der Waals surface area contributed by atoms with Crippen molar-refractivity contribution in [1.82, 2.24) is 5.32 Å². The van der Waals surface area contributed by atoms with Crippen LogP contribution in [0.3, 0.4) is 0 Å². The highest BCUT2D eigenvalue weighted by atomic mass is 14.9. The number of aryl methyl sites for hydroxylation is 1. The Kier molecular flexibility index (Phi) is 6.75. The minimum Gasteiger partial charge on any atom is -0.314 e. The van der Waals surface area contributed by atoms with Crippen molar-refractivity contribution in [2.45, 2.75) is 72.8 Å². The summed E-state index contributed by atoms with van der Waals surface area (Å²) in [5, 5.41) is 3.55. The van der Waals surface area contributed by atoms with E-state index in [0.29, 0.717) is 17.4 Å². The second-order valence-corrected chi connectivity index (χ2v) is 7.25. The van der Waals surface area contributed by atoms with Crippen LogP contribution >= 0.6 is 0 Å². The lowest BCUT2D eigenvalue weighted by atomic mass is 9.85. The Morgan fingerprint density at radius 3 is 2.15 bits per heavy atom. The lowest BCUT2D eigenvalue weighted by molar-refractivity contribution is 0.304. The molecule has 1 aromatic rings. The number of benzene rings is 1. The molecule has 0 saturated heterocycles. The van der Waals surface area contributed by atoms with E-state index in [0.717, 1.165) is 6.54 Å². The number of rotatable bonds is 8. The van der Waals surface area contributed by atoms with Gasteiger partial charge in [0.15, 0.2) is 0 Å². The zero-order valence-corrected chi connectivity index (χ0v) is 14.3. The minimum absolute atomic E-state index is 0.361. The van der Waals surface area contributed by atoms with Gasteiger partial charge in [-0.1, -0.05) is 65.8 Å². The second kappa shape index (κ2) is 7.83. The van der Waals surface area contributed by atoms with Crippen LogP contribution in [0.5, 0.6) is 0 Å². The summed E-state index contributed by atoms with van der Waals surface area (Å²) in [5.41, 5.74) is 3.30. The van der Waals surface area contributed by atoms with E-state index in [4.69, 9.17) is 0 Å². The van der Waals surface area contributed by atoms with E-state index < -0.39 is 0 Å². The molecule has 1 heteroatoms. The fourth-order valence-corrected chi connectivity index (χ4v) is 2.30. The van der Waals surface area contributed by atoms with Crippen molar-refractivity contribution in [3.63, 3.8) is 0 Å². The minimum atomic E-state index is 0.361. The molecule has 1 aromatic carbocycles. The molecule has 0 aliphatic carbocycles. The van der Waals surface area contributed by atoms with Crippen molar-refractivity contribution in [3.05, 3.63) is 35.4 Å². The van der Waals surface area contributed by atoms with Gasteiger partial charge in [-0.05, 0) is 41.7 Å². The van der Waals surface area contributed by atoms with Gasteiger partial charge < -0.3 is 5.32 Å². The maximum Gasteiger partial charge on any atom is 0.00106 e. The van der Waals surface area contributed by atoms with Crippen LogP contribution in [0.4, 0.5) is 0 Å². The van der Waals surface area contributed by atoms with Crippen LogP contribution in [0.15, 0.2) is 24.3 Å². The highest BCUT2D eigenvalue weighted by molar-refractivity contribution is 5.25. The Morgan fingerprint density at radius 1 is 1.05 bits per heavy atom. The van der Waals surface area contributed by atoms with Crippen molar-refractivity contribution in [2.75, 3.05) is 6.54 Å². The van der Waals surface area contributed by atoms with Gasteiger partial charge in [0.2, 0.25) is 0 Å². The van der Waals surface area contributed by atoms with Gasteiger partial charge in [-0.3, -0.25) is 0 Å². The van der Waals surface area contributed by atoms with Crippen molar-refractivity contribution < 1.29 is 0 Å². The summed E-state index contributed by atoms with van der Waals surface area (Å²) in [7, 11) is 0. The molecular formula is C19H33N. The normalized spacial score (nSPS) is 13.8. The van der Waals surface area contributed by atoms with Crippen LogP contribution < -0.4 is 5.32 Å². The van der Waals surface area contributed by atoms with Crippen LogP contribution in [0, 0.1) is 5.41 Å². The second-order valence-electron chi connectivity index (χ2n) is 7.25. The van der Waals surface area contributed by atoms with Crippen molar-refractivity contribution in [3.8, 4) is 0 Å². The van der Waals surface area contributed by atoms with Gasteiger partial charge in [0, 0.05) is 12.6 Å². The van der Waals surface area contributed by atoms with Gasteiger partial charge in [0.1, 0.15) is 0 Å². The summed E-state index contributed by atoms with van der Waals surface area (Å²) in [4.78, 5) is 0. The predicted molar refractivity (Wildman–Crippen MR) is 90.4 cm³/mol. The molecule has 0 fully saturated rings. The first-order chi connectivity index (χ1) is 9.34. The smallest absolute Gasteiger partial charge is 0.00106 e. The zero-order valence-electron chi connectivity index (χ0n) is 14.3. The highest BCUT2D eigenvalue weighted by Gasteiger charge is 2.17. The maximum atomic E-state index is 3.55. The van der Waals surface area contributed by atoms with E-state index in [1.807, 2.05) is 0 Å². The Bertz CT molecular complexity index is 375. The molecule has 0 spiro atoms. The molecule has 1 rings (SSSR count). The van der Waals surface area contributed by atoms with E-state index >= 15 is 0 Å². The van der Waals surface area contributed by atoms with Crippen molar-refractivity contribution in [1.29, 1.82) is 0 Å². The van der Waals surface area contributed by atoms with E-state index in [2.05, 4.69) is 71.1 Å². The lowest BCUT2D eigenvalue weighted by Crippen LogP contribution is -2.34. The Hall–Kier alpha value is -0.820. The van der Waals surface area contributed by atoms with E-state index in [9.17, 15) is 0 Å². The lowest BCUT2D eigenvalue weighted by Gasteiger charge is -2.26. The molecule has 0 radical (unpaired) electrons. The van der Waals surface area contributed by atoms with Crippen molar-refractivity contribution in [2.24, 2.45) is 5.41 Å². The molecule has 0 aliphatic rings. The molecule has 0 saturated carbocycles. The topological polar surface area (TPSA) is 12.0 Å². The van der Waals surface area contributed by atoms with Gasteiger partial charge in [-0.2, -0.15) is 0 Å². The molecule has 0 amide bonds. The molecule has 0 aliphatic heterocycles. The number of nitrogens with one attached hydrogen (secondary N) is 1. The summed E-state index contributed by atoms with van der Waals surface area (Å²) < 4.78 is 0. The summed E-state index contributed by atoms with van der Waals surface area (Å²) in [6, 6.07) is 9.82. The van der Waals surface area contributed by atoms with Crippen LogP contribution in [-0.4, -0.2) is 12.6 Å². The van der Waals surface area contributed by atoms with E-state index in [-0.39, 0.29) is 0 Å². The average molecular weight is 275 g/mol. The molecule has 0 heterocycles. The fourth-order valence-electron chi connectivity index (χ4n) is 2.30. The summed E-state index contributed by atoms with van der Waals surface area (Å²) in [6.45, 7) is 14.8. The molecule has 0 bridgehead atoms. The first-order valence-electron chi connectivity index (χ1n) is 8.16. The summed E-state index contributed by atoms with van der Waals surface area (Å²) >= 11 is 0. The largest absolute Gasteiger partial charge is 0.314 e. The van der Waals surface area contributed by atoms with Crippen molar-refractivity contribution >= 4 is 0 Å². The standard InChI is InChI=1S/C19H33N/c1-7-16(4)18-10-8-17(9-11-18)12-13-19(5,6)14-20-15(2)3/h8-11,15-16,20H,7,12-14H2,1-6H3. The van der Waals surface area contributed by atoms with Crippen LogP contribution in [0.25, 0.3) is 0 Å². The third-order valence-electron chi connectivity index (χ3n) is 4.24. The Labute approximate surface area is 126 Å². The zero-order chi connectivity index (χ0) is 15.2. The molecule has 20 heavy (non-hydrogen) atoms. The van der Waals surface area contributed by atoms with Gasteiger partial charge in [0.05, 0.1) is 0 Å². The van der Waals surface area contributed by atoms with Gasteiger partial charge in [-0.25, -0.2) is 0 Å². The molecule has 1 nitrogen and oxygen atoms in total. The predicted octanol–water partition coefficient (Wildman–Crippen LogP) is 5.16. The van der Waals surface area contributed by atoms with Gasteiger partial charge in [-0.15, -0.1) is 0 Å². The average Bonchev–Trinajstić information content (AvgIpc) is 2.43. The summed E-state index contributed by atoms with van der Waals surface area (Å²) in [6.07, 6.45) is 3.62. The molecule has 0 aromatic heterocycles. The SMILES string of the molecule is CCC(C)c1ccc(CCC(C)(C)CNC(C)C)cc1. The van der Waals surface area contributed by atoms with E-state index in [1.165, 1.54) is 30.4 Å². The molecule has 1 N–H and O–H groups in total. The highest BCUT2D eigenvalue weighted by Crippen LogP contribution is 2.24. The van der Waals surface area contributed by atoms with E-state index in [1.54, 1.807) is 0 Å². The number of hydrogen-bond acceptors (Lipinski definition) is 1. The monoisotopic (exact) mass is 275 g/mol. The fraction of sp³-hybridized carbons (Fsp3) is 0.684. The molecule has 1 atom stereocenters. The Morgan fingerprint density at radius 2 is 1.65 bits per heavy atom. The van der Waals surface area contributed by atoms with Gasteiger partial charge >= 0.3 is 0 Å². The maximum absolute atomic E-state index is 3.55. The number of hydrogen-bond donors (Lipinski definition) is 1. The first-order valence-corrected chi connectivity index (χ1v) is 8.16. The van der Waals surface area contributed by atoms with Crippen LogP contribution in [0.1, 0.15) is 71.4 Å². The van der Waals surface area contributed by atoms with Gasteiger partial charge in [0.25, 0.3) is 0 Å². The summed E-state index contributed by atoms with van der Waals surface area (Å²) in [5.74, 6) is 0.677. The first kappa shape index (κ1) is 17.2.